The maximum Gasteiger partial charge on any atom is 0.254 e. The number of hydrogen-bond acceptors (Lipinski definition) is 6. The lowest BCUT2D eigenvalue weighted by Gasteiger charge is -2.35. The van der Waals surface area contributed by atoms with Crippen LogP contribution in [0.2, 0.25) is 0 Å². The summed E-state index contributed by atoms with van der Waals surface area (Å²) in [4.78, 5) is 19.0. The minimum atomic E-state index is 0.0949. The van der Waals surface area contributed by atoms with Crippen molar-refractivity contribution in [3.05, 3.63) is 53.6 Å². The molecule has 1 saturated heterocycles. The number of fused-ring (bicyclic) bond motifs is 2. The van der Waals surface area contributed by atoms with E-state index in [0.717, 1.165) is 74.8 Å². The number of nitrogens with zero attached hydrogens (tertiary/aromatic N) is 4. The summed E-state index contributed by atoms with van der Waals surface area (Å²) in [5.74, 6) is 2.02. The van der Waals surface area contributed by atoms with E-state index in [4.69, 9.17) is 9.11 Å². The first-order chi connectivity index (χ1) is 15.2. The third kappa shape index (κ3) is 4.25. The fourth-order valence-corrected chi connectivity index (χ4v) is 5.22. The number of amides is 1. The number of piperazine rings is 1. The van der Waals surface area contributed by atoms with Crippen LogP contribution in [0.15, 0.2) is 42.5 Å². The molecule has 3 heterocycles. The molecule has 0 unspecified atom stereocenters. The normalized spacial score (nSPS) is 17.3. The molecule has 1 fully saturated rings. The van der Waals surface area contributed by atoms with Crippen LogP contribution < -0.4 is 9.64 Å². The predicted octanol–water partition coefficient (Wildman–Crippen LogP) is 3.52. The van der Waals surface area contributed by atoms with Crippen molar-refractivity contribution >= 4 is 33.3 Å². The number of aromatic nitrogens is 1. The molecule has 2 aromatic carbocycles. The zero-order valence-corrected chi connectivity index (χ0v) is 18.7. The van der Waals surface area contributed by atoms with Crippen molar-refractivity contribution in [2.75, 3.05) is 57.8 Å². The van der Waals surface area contributed by atoms with Crippen LogP contribution in [0.5, 0.6) is 5.75 Å². The van der Waals surface area contributed by atoms with Gasteiger partial charge in [-0.25, -0.2) is 0 Å². The van der Waals surface area contributed by atoms with Crippen molar-refractivity contribution in [3.63, 3.8) is 0 Å². The molecule has 0 aliphatic carbocycles. The van der Waals surface area contributed by atoms with Gasteiger partial charge in [0, 0.05) is 57.3 Å². The summed E-state index contributed by atoms with van der Waals surface area (Å²) in [5, 5.41) is 1.27. The highest BCUT2D eigenvalue weighted by Crippen LogP contribution is 2.30. The van der Waals surface area contributed by atoms with Gasteiger partial charge >= 0.3 is 0 Å². The third-order valence-corrected chi connectivity index (χ3v) is 7.11. The van der Waals surface area contributed by atoms with Gasteiger partial charge in [-0.15, -0.1) is 0 Å². The quantitative estimate of drug-likeness (QED) is 0.554. The van der Waals surface area contributed by atoms with Gasteiger partial charge in [-0.05, 0) is 54.2 Å². The van der Waals surface area contributed by atoms with E-state index < -0.39 is 0 Å². The lowest BCUT2D eigenvalue weighted by atomic mass is 9.99. The smallest absolute Gasteiger partial charge is 0.254 e. The van der Waals surface area contributed by atoms with E-state index in [9.17, 15) is 4.79 Å². The Labute approximate surface area is 187 Å². The van der Waals surface area contributed by atoms with E-state index in [1.54, 1.807) is 16.4 Å². The van der Waals surface area contributed by atoms with Crippen molar-refractivity contribution in [2.45, 2.75) is 12.8 Å². The summed E-state index contributed by atoms with van der Waals surface area (Å²) in [6.45, 7) is 6.59. The number of ether oxygens (including phenoxy) is 1. The Bertz CT molecular complexity index is 1070. The van der Waals surface area contributed by atoms with Gasteiger partial charge in [0.1, 0.15) is 11.6 Å². The molecule has 1 amide bonds. The zero-order chi connectivity index (χ0) is 21.2. The van der Waals surface area contributed by atoms with Crippen molar-refractivity contribution in [1.82, 2.24) is 14.2 Å². The Hall–Kier alpha value is -2.64. The molecule has 0 saturated carbocycles. The molecule has 0 N–H and O–H groups in total. The van der Waals surface area contributed by atoms with Crippen molar-refractivity contribution in [3.8, 4) is 5.75 Å². The van der Waals surface area contributed by atoms with Crippen LogP contribution in [-0.4, -0.2) is 73.0 Å². The van der Waals surface area contributed by atoms with E-state index >= 15 is 0 Å². The predicted molar refractivity (Wildman–Crippen MR) is 125 cm³/mol. The minimum Gasteiger partial charge on any atom is -0.494 e. The minimum absolute atomic E-state index is 0.0949. The number of rotatable bonds is 6. The van der Waals surface area contributed by atoms with Crippen LogP contribution in [-0.2, 0) is 6.42 Å². The molecule has 2 aliphatic heterocycles. The Morgan fingerprint density at radius 1 is 1.06 bits per heavy atom. The average molecular weight is 437 g/mol. The molecule has 1 aromatic heterocycles. The van der Waals surface area contributed by atoms with Crippen LogP contribution >= 0.6 is 11.5 Å². The molecule has 3 aromatic rings. The molecule has 5 rings (SSSR count). The van der Waals surface area contributed by atoms with Gasteiger partial charge in [0.15, 0.2) is 0 Å². The monoisotopic (exact) mass is 436 g/mol. The summed E-state index contributed by atoms with van der Waals surface area (Å²) in [6.07, 6.45) is 1.89. The second-order valence-electron chi connectivity index (χ2n) is 8.33. The molecule has 31 heavy (non-hydrogen) atoms. The van der Waals surface area contributed by atoms with Crippen LogP contribution in [0.4, 0.5) is 5.82 Å². The molecule has 7 heteroatoms. The van der Waals surface area contributed by atoms with Gasteiger partial charge in [0.2, 0.25) is 0 Å². The van der Waals surface area contributed by atoms with Crippen LogP contribution in [0.1, 0.15) is 22.3 Å². The zero-order valence-electron chi connectivity index (χ0n) is 17.9. The topological polar surface area (TPSA) is 48.9 Å². The number of carbonyl (C=O) groups excluding carboxylic acids is 1. The number of benzene rings is 2. The lowest BCUT2D eigenvalue weighted by molar-refractivity contribution is 0.0780. The van der Waals surface area contributed by atoms with Gasteiger partial charge < -0.3 is 14.5 Å². The van der Waals surface area contributed by atoms with Gasteiger partial charge in [-0.1, -0.05) is 18.2 Å². The Kier molecular flexibility index (Phi) is 5.78. The summed E-state index contributed by atoms with van der Waals surface area (Å²) in [5.41, 5.74) is 1.91. The number of hydrogen-bond donors (Lipinski definition) is 0. The highest BCUT2D eigenvalue weighted by molar-refractivity contribution is 7.13. The van der Waals surface area contributed by atoms with Crippen LogP contribution in [0.3, 0.4) is 0 Å². The maximum atomic E-state index is 12.3. The van der Waals surface area contributed by atoms with E-state index in [2.05, 4.69) is 34.1 Å². The van der Waals surface area contributed by atoms with Gasteiger partial charge in [-0.3, -0.25) is 9.69 Å². The number of anilines is 1. The summed E-state index contributed by atoms with van der Waals surface area (Å²) < 4.78 is 11.9. The summed E-state index contributed by atoms with van der Waals surface area (Å²) in [7, 11) is 1.86. The number of carbonyl (C=O) groups is 1. The molecule has 162 valence electrons. The highest BCUT2D eigenvalue weighted by atomic mass is 32.1. The van der Waals surface area contributed by atoms with Gasteiger partial charge in [-0.2, -0.15) is 4.37 Å². The molecule has 0 bridgehead atoms. The molecular weight excluding hydrogens is 408 g/mol. The van der Waals surface area contributed by atoms with Gasteiger partial charge in [0.05, 0.1) is 11.3 Å². The fraction of sp³-hybridized carbons (Fsp3) is 0.417. The Balaban J connectivity index is 1.08. The summed E-state index contributed by atoms with van der Waals surface area (Å²) >= 11 is 1.59. The Morgan fingerprint density at radius 2 is 1.90 bits per heavy atom. The van der Waals surface area contributed by atoms with E-state index in [-0.39, 0.29) is 5.91 Å². The molecule has 0 spiro atoms. The van der Waals surface area contributed by atoms with E-state index in [0.29, 0.717) is 6.61 Å². The van der Waals surface area contributed by atoms with Crippen molar-refractivity contribution in [2.24, 2.45) is 0 Å². The third-order valence-electron chi connectivity index (χ3n) is 6.29. The summed E-state index contributed by atoms with van der Waals surface area (Å²) in [6, 6.07) is 14.4. The first kappa shape index (κ1) is 20.3. The first-order valence-corrected chi connectivity index (χ1v) is 11.8. The second kappa shape index (κ2) is 8.85. The fourth-order valence-electron chi connectivity index (χ4n) is 4.42. The van der Waals surface area contributed by atoms with Crippen molar-refractivity contribution < 1.29 is 9.53 Å². The average Bonchev–Trinajstić information content (AvgIpc) is 3.24. The van der Waals surface area contributed by atoms with Crippen LogP contribution in [0, 0.1) is 0 Å². The van der Waals surface area contributed by atoms with Gasteiger partial charge in [0.25, 0.3) is 5.91 Å². The van der Waals surface area contributed by atoms with E-state index in [1.807, 2.05) is 25.2 Å². The standard InChI is InChI=1S/C24H28N4O2S/c1-26-11-9-18-7-8-19(17-21(18)24(26)29)30-16-4-10-27-12-14-28(15-13-27)23-20-5-2-3-6-22(20)31-25-23/h2-3,5-8,17H,4,9-16H2,1H3. The van der Waals surface area contributed by atoms with E-state index in [1.165, 1.54) is 10.1 Å². The highest BCUT2D eigenvalue weighted by Gasteiger charge is 2.22. The molecule has 6 nitrogen and oxygen atoms in total. The SMILES string of the molecule is CN1CCc2ccc(OCCCN3CCN(c4nsc5ccccc45)CC3)cc2C1=O. The molecule has 0 radical (unpaired) electrons. The maximum absolute atomic E-state index is 12.3. The second-order valence-corrected chi connectivity index (χ2v) is 9.13. The largest absolute Gasteiger partial charge is 0.494 e. The number of likely N-dealkylation sites (N-methyl/N-ethyl adjacent to an activating group) is 1. The molecule has 2 aliphatic rings. The lowest BCUT2D eigenvalue weighted by Crippen LogP contribution is -2.47. The molecule has 0 atom stereocenters. The Morgan fingerprint density at radius 3 is 2.77 bits per heavy atom. The van der Waals surface area contributed by atoms with Crippen LogP contribution in [0.25, 0.3) is 10.1 Å². The van der Waals surface area contributed by atoms with Crippen molar-refractivity contribution in [1.29, 1.82) is 0 Å². The first-order valence-electron chi connectivity index (χ1n) is 11.0. The molecular formula is C24H28N4O2S.